The molecule has 10 heteroatoms. The number of carbonyl (C=O) groups is 4. The molecule has 3 rings (SSSR count). The largest absolute Gasteiger partial charge is 0.356 e. The lowest BCUT2D eigenvalue weighted by Crippen LogP contribution is -2.52. The number of hydrogen-bond donors (Lipinski definition) is 4. The van der Waals surface area contributed by atoms with E-state index in [4.69, 9.17) is 0 Å². The molecule has 0 aliphatic carbocycles. The summed E-state index contributed by atoms with van der Waals surface area (Å²) in [6.07, 6.45) is 1.26. The molecule has 2 heterocycles. The summed E-state index contributed by atoms with van der Waals surface area (Å²) in [6.45, 7) is 5.98. The molecular formula is C24H30F2N4O4. The Morgan fingerprint density at radius 2 is 1.85 bits per heavy atom. The first kappa shape index (κ1) is 25.3. The molecule has 0 radical (unpaired) electrons. The number of carbonyl (C=O) groups excluding carboxylic acids is 4. The van der Waals surface area contributed by atoms with E-state index in [1.807, 2.05) is 13.8 Å². The SMILES string of the molecule is CCC(=O)[C@H](C[C@@H]1CCNC1=O)NC(=O)[C@H](CC(C)C)NC(=O)c1cc2cc(F)cc(F)c2[nH]1. The van der Waals surface area contributed by atoms with E-state index in [2.05, 4.69) is 20.9 Å². The maximum atomic E-state index is 14.0. The van der Waals surface area contributed by atoms with Crippen molar-refractivity contribution >= 4 is 34.4 Å². The van der Waals surface area contributed by atoms with Gasteiger partial charge in [0.1, 0.15) is 23.4 Å². The van der Waals surface area contributed by atoms with Crippen LogP contribution in [0.15, 0.2) is 18.2 Å². The first-order valence-electron chi connectivity index (χ1n) is 11.5. The van der Waals surface area contributed by atoms with Gasteiger partial charge in [0.25, 0.3) is 5.91 Å². The third kappa shape index (κ3) is 5.98. The summed E-state index contributed by atoms with van der Waals surface area (Å²) >= 11 is 0. The number of Topliss-reactive ketones (excluding diaryl/α,β-unsaturated/α-hetero) is 1. The predicted octanol–water partition coefficient (Wildman–Crippen LogP) is 2.58. The van der Waals surface area contributed by atoms with E-state index in [0.29, 0.717) is 19.0 Å². The van der Waals surface area contributed by atoms with Crippen molar-refractivity contribution in [3.05, 3.63) is 35.5 Å². The van der Waals surface area contributed by atoms with Gasteiger partial charge in [-0.25, -0.2) is 8.78 Å². The third-order valence-corrected chi connectivity index (χ3v) is 5.96. The van der Waals surface area contributed by atoms with Crippen LogP contribution < -0.4 is 16.0 Å². The molecule has 0 unspecified atom stereocenters. The van der Waals surface area contributed by atoms with Crippen molar-refractivity contribution in [2.24, 2.45) is 11.8 Å². The highest BCUT2D eigenvalue weighted by molar-refractivity contribution is 6.01. The van der Waals surface area contributed by atoms with Crippen LogP contribution in [0.1, 0.15) is 56.9 Å². The molecule has 1 aromatic carbocycles. The molecule has 34 heavy (non-hydrogen) atoms. The number of amides is 3. The average Bonchev–Trinajstić information content (AvgIpc) is 3.38. The fourth-order valence-electron chi connectivity index (χ4n) is 4.17. The molecule has 184 valence electrons. The molecule has 1 fully saturated rings. The van der Waals surface area contributed by atoms with Crippen LogP contribution in [0, 0.1) is 23.5 Å². The standard InChI is InChI=1S/C24H30F2N4O4/c1-4-20(31)17(9-13-5-6-27-22(13)32)29-23(33)18(7-12(2)3)30-24(34)19-10-14-8-15(25)11-16(26)21(14)28-19/h8,10-13,17-18,28H,4-7,9H2,1-3H3,(H,27,32)(H,29,33)(H,30,34)/t13-,17-,18-/m0/s1. The summed E-state index contributed by atoms with van der Waals surface area (Å²) in [4.78, 5) is 53.0. The van der Waals surface area contributed by atoms with Gasteiger partial charge in [0.05, 0.1) is 11.6 Å². The van der Waals surface area contributed by atoms with Gasteiger partial charge < -0.3 is 20.9 Å². The average molecular weight is 477 g/mol. The highest BCUT2D eigenvalue weighted by atomic mass is 19.1. The summed E-state index contributed by atoms with van der Waals surface area (Å²) in [6, 6.07) is 1.31. The Balaban J connectivity index is 1.76. The molecule has 1 aliphatic rings. The normalized spacial score (nSPS) is 17.5. The van der Waals surface area contributed by atoms with Crippen LogP contribution >= 0.6 is 0 Å². The lowest BCUT2D eigenvalue weighted by atomic mass is 9.94. The molecule has 3 amide bonds. The zero-order valence-electron chi connectivity index (χ0n) is 19.5. The number of nitrogens with one attached hydrogen (secondary N) is 4. The summed E-state index contributed by atoms with van der Waals surface area (Å²) in [5.41, 5.74) is -0.0373. The monoisotopic (exact) mass is 476 g/mol. The number of H-pyrrole nitrogens is 1. The molecule has 4 N–H and O–H groups in total. The fourth-order valence-corrected chi connectivity index (χ4v) is 4.17. The van der Waals surface area contributed by atoms with Gasteiger partial charge in [-0.2, -0.15) is 0 Å². The number of rotatable bonds is 10. The molecule has 1 aromatic heterocycles. The highest BCUT2D eigenvalue weighted by Gasteiger charge is 2.32. The molecule has 1 saturated heterocycles. The van der Waals surface area contributed by atoms with Crippen molar-refractivity contribution in [1.29, 1.82) is 0 Å². The quantitative estimate of drug-likeness (QED) is 0.421. The zero-order valence-corrected chi connectivity index (χ0v) is 19.5. The van der Waals surface area contributed by atoms with E-state index in [1.165, 1.54) is 6.07 Å². The Labute approximate surface area is 196 Å². The zero-order chi connectivity index (χ0) is 25.0. The Kier molecular flexibility index (Phi) is 8.01. The van der Waals surface area contributed by atoms with Crippen LogP contribution in [0.5, 0.6) is 0 Å². The van der Waals surface area contributed by atoms with E-state index in [-0.39, 0.29) is 59.4 Å². The van der Waals surface area contributed by atoms with E-state index in [9.17, 15) is 28.0 Å². The maximum absolute atomic E-state index is 14.0. The molecule has 0 saturated carbocycles. The lowest BCUT2D eigenvalue weighted by molar-refractivity contribution is -0.130. The van der Waals surface area contributed by atoms with Crippen molar-refractivity contribution in [3.8, 4) is 0 Å². The molecule has 1 aliphatic heterocycles. The number of benzene rings is 1. The highest BCUT2D eigenvalue weighted by Crippen LogP contribution is 2.21. The molecule has 3 atom stereocenters. The van der Waals surface area contributed by atoms with Crippen molar-refractivity contribution in [2.45, 2.75) is 58.5 Å². The summed E-state index contributed by atoms with van der Waals surface area (Å²) < 4.78 is 27.5. The van der Waals surface area contributed by atoms with Crippen LogP contribution in [-0.2, 0) is 14.4 Å². The lowest BCUT2D eigenvalue weighted by Gasteiger charge is -2.24. The maximum Gasteiger partial charge on any atom is 0.268 e. The van der Waals surface area contributed by atoms with Crippen molar-refractivity contribution in [1.82, 2.24) is 20.9 Å². The van der Waals surface area contributed by atoms with Gasteiger partial charge in [-0.15, -0.1) is 0 Å². The number of aromatic amines is 1. The number of aromatic nitrogens is 1. The topological polar surface area (TPSA) is 120 Å². The van der Waals surface area contributed by atoms with Gasteiger partial charge in [-0.1, -0.05) is 20.8 Å². The minimum Gasteiger partial charge on any atom is -0.356 e. The third-order valence-electron chi connectivity index (χ3n) is 5.96. The second kappa shape index (κ2) is 10.8. The van der Waals surface area contributed by atoms with Gasteiger partial charge in [0, 0.05) is 30.3 Å². The Morgan fingerprint density at radius 3 is 2.47 bits per heavy atom. The first-order valence-corrected chi connectivity index (χ1v) is 11.5. The van der Waals surface area contributed by atoms with E-state index < -0.39 is 35.5 Å². The molecule has 0 spiro atoms. The predicted molar refractivity (Wildman–Crippen MR) is 122 cm³/mol. The Morgan fingerprint density at radius 1 is 1.12 bits per heavy atom. The summed E-state index contributed by atoms with van der Waals surface area (Å²) in [7, 11) is 0. The number of halogens is 2. The van der Waals surface area contributed by atoms with Crippen LogP contribution in [0.4, 0.5) is 8.78 Å². The number of hydrogen-bond acceptors (Lipinski definition) is 4. The van der Waals surface area contributed by atoms with Crippen LogP contribution in [0.25, 0.3) is 10.9 Å². The smallest absolute Gasteiger partial charge is 0.268 e. The molecule has 2 aromatic rings. The van der Waals surface area contributed by atoms with E-state index >= 15 is 0 Å². The minimum absolute atomic E-state index is 0.0140. The molecule has 8 nitrogen and oxygen atoms in total. The Bertz CT molecular complexity index is 1100. The van der Waals surface area contributed by atoms with Gasteiger partial charge in [0.2, 0.25) is 11.8 Å². The molecule has 0 bridgehead atoms. The number of ketones is 1. The van der Waals surface area contributed by atoms with Crippen molar-refractivity contribution in [2.75, 3.05) is 6.54 Å². The van der Waals surface area contributed by atoms with Crippen LogP contribution in [0.3, 0.4) is 0 Å². The second-order valence-electron chi connectivity index (χ2n) is 9.08. The Hall–Kier alpha value is -3.30. The van der Waals surface area contributed by atoms with E-state index in [1.54, 1.807) is 6.92 Å². The van der Waals surface area contributed by atoms with Crippen molar-refractivity contribution in [3.63, 3.8) is 0 Å². The number of fused-ring (bicyclic) bond motifs is 1. The van der Waals surface area contributed by atoms with Crippen molar-refractivity contribution < 1.29 is 28.0 Å². The summed E-state index contributed by atoms with van der Waals surface area (Å²) in [5.74, 6) is -3.47. The van der Waals surface area contributed by atoms with Crippen LogP contribution in [-0.4, -0.2) is 47.1 Å². The summed E-state index contributed by atoms with van der Waals surface area (Å²) in [5, 5.41) is 8.27. The fraction of sp³-hybridized carbons (Fsp3) is 0.500. The molecular weight excluding hydrogens is 446 g/mol. The van der Waals surface area contributed by atoms with Gasteiger partial charge in [-0.3, -0.25) is 19.2 Å². The van der Waals surface area contributed by atoms with Crippen LogP contribution in [0.2, 0.25) is 0 Å². The van der Waals surface area contributed by atoms with Gasteiger partial charge in [-0.05, 0) is 37.3 Å². The minimum atomic E-state index is -0.968. The second-order valence-corrected chi connectivity index (χ2v) is 9.08. The first-order chi connectivity index (χ1) is 16.1. The van der Waals surface area contributed by atoms with E-state index in [0.717, 1.165) is 6.07 Å². The van der Waals surface area contributed by atoms with Gasteiger partial charge >= 0.3 is 0 Å². The van der Waals surface area contributed by atoms with Gasteiger partial charge in [0.15, 0.2) is 5.78 Å².